The second-order valence-corrected chi connectivity index (χ2v) is 9.15. The summed E-state index contributed by atoms with van der Waals surface area (Å²) in [5.74, 6) is -3.54. The van der Waals surface area contributed by atoms with Gasteiger partial charge in [0.05, 0.1) is 17.3 Å². The first-order valence-corrected chi connectivity index (χ1v) is 10.5. The van der Waals surface area contributed by atoms with Gasteiger partial charge >= 0.3 is 5.97 Å². The largest absolute Gasteiger partial charge is 0.480 e. The number of aromatic nitrogens is 1. The third-order valence-electron chi connectivity index (χ3n) is 5.64. The van der Waals surface area contributed by atoms with Crippen LogP contribution in [0.15, 0.2) is 41.6 Å². The lowest BCUT2D eigenvalue weighted by molar-refractivity contribution is -0.137. The van der Waals surface area contributed by atoms with Crippen molar-refractivity contribution in [2.45, 2.75) is 23.2 Å². The van der Waals surface area contributed by atoms with Crippen LogP contribution in [0.2, 0.25) is 0 Å². The number of aliphatic carboxylic acids is 1. The number of nitrogens with zero attached hydrogens (tertiary/aromatic N) is 3. The molecular formula is C19H17F2N3O5S. The van der Waals surface area contributed by atoms with E-state index in [2.05, 4.69) is 4.98 Å². The van der Waals surface area contributed by atoms with Gasteiger partial charge in [0.15, 0.2) is 0 Å². The summed E-state index contributed by atoms with van der Waals surface area (Å²) < 4.78 is 54.2. The van der Waals surface area contributed by atoms with Gasteiger partial charge in [-0.3, -0.25) is 19.5 Å². The first-order valence-electron chi connectivity index (χ1n) is 9.10. The highest BCUT2D eigenvalue weighted by atomic mass is 32.2. The van der Waals surface area contributed by atoms with E-state index in [0.717, 1.165) is 21.3 Å². The van der Waals surface area contributed by atoms with Crippen molar-refractivity contribution in [3.8, 4) is 0 Å². The van der Waals surface area contributed by atoms with Gasteiger partial charge in [-0.05, 0) is 42.7 Å². The summed E-state index contributed by atoms with van der Waals surface area (Å²) >= 11 is 0. The minimum absolute atomic E-state index is 0.0785. The maximum absolute atomic E-state index is 14.1. The van der Waals surface area contributed by atoms with E-state index in [9.17, 15) is 26.8 Å². The fraction of sp³-hybridized carbons (Fsp3) is 0.316. The van der Waals surface area contributed by atoms with Crippen molar-refractivity contribution in [2.75, 3.05) is 24.5 Å². The van der Waals surface area contributed by atoms with Crippen molar-refractivity contribution in [1.82, 2.24) is 9.29 Å². The predicted octanol–water partition coefficient (Wildman–Crippen LogP) is 1.51. The molecule has 0 saturated carbocycles. The van der Waals surface area contributed by atoms with Crippen LogP contribution in [-0.4, -0.2) is 54.3 Å². The summed E-state index contributed by atoms with van der Waals surface area (Å²) in [6.45, 7) is -0.741. The van der Waals surface area contributed by atoms with Gasteiger partial charge in [0.25, 0.3) is 0 Å². The Morgan fingerprint density at radius 1 is 1.20 bits per heavy atom. The van der Waals surface area contributed by atoms with Gasteiger partial charge < -0.3 is 5.11 Å². The molecule has 2 aliphatic rings. The Morgan fingerprint density at radius 2 is 1.90 bits per heavy atom. The van der Waals surface area contributed by atoms with E-state index in [0.29, 0.717) is 17.3 Å². The minimum Gasteiger partial charge on any atom is -0.480 e. The summed E-state index contributed by atoms with van der Waals surface area (Å²) in [5, 5.41) is 9.16. The Hall–Kier alpha value is -2.92. The maximum atomic E-state index is 14.1. The standard InChI is InChI=1S/C19H17F2N3O5S/c20-12-1-2-14(21)16(9-12)30(28,29)23-7-4-19(5-8-23)13-3-6-22-10-15(13)24(18(19)27)11-17(25)26/h1-3,6,9-10H,4-5,7-8,11H2,(H,25,26). The highest BCUT2D eigenvalue weighted by Crippen LogP contribution is 2.48. The topological polar surface area (TPSA) is 108 Å². The monoisotopic (exact) mass is 437 g/mol. The predicted molar refractivity (Wildman–Crippen MR) is 100 cm³/mol. The zero-order chi connectivity index (χ0) is 21.7. The third-order valence-corrected chi connectivity index (χ3v) is 7.56. The average Bonchev–Trinajstić information content (AvgIpc) is 2.93. The van der Waals surface area contributed by atoms with Crippen molar-refractivity contribution in [1.29, 1.82) is 0 Å². The van der Waals surface area contributed by atoms with E-state index in [1.54, 1.807) is 6.07 Å². The first kappa shape index (κ1) is 20.4. The first-order chi connectivity index (χ1) is 14.2. The van der Waals surface area contributed by atoms with Crippen LogP contribution in [0.4, 0.5) is 14.5 Å². The molecule has 0 atom stereocenters. The molecule has 1 fully saturated rings. The van der Waals surface area contributed by atoms with Crippen molar-refractivity contribution < 1.29 is 31.9 Å². The second kappa shape index (κ2) is 7.10. The van der Waals surface area contributed by atoms with Crippen molar-refractivity contribution in [3.63, 3.8) is 0 Å². The SMILES string of the molecule is O=C(O)CN1C(=O)C2(CCN(S(=O)(=O)c3cc(F)ccc3F)CC2)c2ccncc21. The molecule has 1 aromatic heterocycles. The van der Waals surface area contributed by atoms with E-state index in [-0.39, 0.29) is 25.9 Å². The van der Waals surface area contributed by atoms with Crippen molar-refractivity contribution in [2.24, 2.45) is 0 Å². The number of amides is 1. The molecule has 4 rings (SSSR count). The number of hydrogen-bond acceptors (Lipinski definition) is 5. The third kappa shape index (κ3) is 3.05. The maximum Gasteiger partial charge on any atom is 0.323 e. The zero-order valence-corrected chi connectivity index (χ0v) is 16.4. The number of carboxylic acid groups (broad SMARTS) is 1. The number of carboxylic acids is 1. The van der Waals surface area contributed by atoms with Crippen LogP contribution in [-0.2, 0) is 25.0 Å². The summed E-state index contributed by atoms with van der Waals surface area (Å²) in [7, 11) is -4.30. The van der Waals surface area contributed by atoms with Crippen LogP contribution >= 0.6 is 0 Å². The molecule has 1 spiro atoms. The van der Waals surface area contributed by atoms with Gasteiger partial charge in [-0.25, -0.2) is 17.2 Å². The molecule has 30 heavy (non-hydrogen) atoms. The lowest BCUT2D eigenvalue weighted by Crippen LogP contribution is -2.50. The molecule has 1 amide bonds. The van der Waals surface area contributed by atoms with Crippen molar-refractivity contribution in [3.05, 3.63) is 53.9 Å². The van der Waals surface area contributed by atoms with Gasteiger partial charge in [0, 0.05) is 19.3 Å². The van der Waals surface area contributed by atoms with Gasteiger partial charge in [-0.15, -0.1) is 0 Å². The fourth-order valence-electron chi connectivity index (χ4n) is 4.19. The van der Waals surface area contributed by atoms with Crippen LogP contribution in [0.5, 0.6) is 0 Å². The molecule has 1 N–H and O–H groups in total. The second-order valence-electron chi connectivity index (χ2n) is 7.24. The number of carbonyl (C=O) groups is 2. The lowest BCUT2D eigenvalue weighted by Gasteiger charge is -2.37. The van der Waals surface area contributed by atoms with Crippen LogP contribution in [0.25, 0.3) is 0 Å². The number of carbonyl (C=O) groups excluding carboxylic acids is 1. The van der Waals surface area contributed by atoms with E-state index in [4.69, 9.17) is 5.11 Å². The molecule has 1 aromatic carbocycles. The normalized spacial score (nSPS) is 18.6. The molecule has 0 radical (unpaired) electrons. The fourth-order valence-corrected chi connectivity index (χ4v) is 5.70. The summed E-state index contributed by atoms with van der Waals surface area (Å²) in [4.78, 5) is 28.7. The number of hydrogen-bond donors (Lipinski definition) is 1. The molecule has 0 unspecified atom stereocenters. The molecule has 2 aliphatic heterocycles. The van der Waals surface area contributed by atoms with Gasteiger partial charge in [-0.2, -0.15) is 4.31 Å². The Balaban J connectivity index is 1.65. The Morgan fingerprint density at radius 3 is 2.57 bits per heavy atom. The van der Waals surface area contributed by atoms with E-state index in [1.165, 1.54) is 12.4 Å². The van der Waals surface area contributed by atoms with Crippen molar-refractivity contribution >= 4 is 27.6 Å². The number of halogens is 2. The molecule has 1 saturated heterocycles. The highest BCUT2D eigenvalue weighted by Gasteiger charge is 2.53. The number of rotatable bonds is 4. The number of sulfonamides is 1. The lowest BCUT2D eigenvalue weighted by atomic mass is 9.74. The smallest absolute Gasteiger partial charge is 0.323 e. The van der Waals surface area contributed by atoms with Gasteiger partial charge in [-0.1, -0.05) is 0 Å². The summed E-state index contributed by atoms with van der Waals surface area (Å²) in [6, 6.07) is 3.84. The van der Waals surface area contributed by atoms with E-state index < -0.39 is 50.4 Å². The molecule has 158 valence electrons. The molecule has 11 heteroatoms. The summed E-state index contributed by atoms with van der Waals surface area (Å²) in [6.07, 6.45) is 3.06. The zero-order valence-electron chi connectivity index (χ0n) is 15.6. The number of pyridine rings is 1. The quantitative estimate of drug-likeness (QED) is 0.777. The minimum atomic E-state index is -4.30. The van der Waals surface area contributed by atoms with Crippen LogP contribution in [0.1, 0.15) is 18.4 Å². The van der Waals surface area contributed by atoms with Crippen LogP contribution in [0, 0.1) is 11.6 Å². The number of piperidine rings is 1. The Labute approximate surface area is 170 Å². The molecule has 0 bridgehead atoms. The molecular weight excluding hydrogens is 420 g/mol. The molecule has 3 heterocycles. The average molecular weight is 437 g/mol. The van der Waals surface area contributed by atoms with Crippen LogP contribution < -0.4 is 4.90 Å². The van der Waals surface area contributed by atoms with E-state index >= 15 is 0 Å². The van der Waals surface area contributed by atoms with Gasteiger partial charge in [0.2, 0.25) is 15.9 Å². The Bertz CT molecular complexity index is 1150. The summed E-state index contributed by atoms with van der Waals surface area (Å²) in [5.41, 5.74) is -0.102. The number of anilines is 1. The molecule has 0 aliphatic carbocycles. The number of benzene rings is 1. The van der Waals surface area contributed by atoms with E-state index in [1.807, 2.05) is 0 Å². The van der Waals surface area contributed by atoms with Crippen LogP contribution in [0.3, 0.4) is 0 Å². The Kier molecular flexibility index (Phi) is 4.82. The highest BCUT2D eigenvalue weighted by molar-refractivity contribution is 7.89. The number of fused-ring (bicyclic) bond motifs is 2. The molecule has 8 nitrogen and oxygen atoms in total. The molecule has 2 aromatic rings. The van der Waals surface area contributed by atoms with Gasteiger partial charge in [0.1, 0.15) is 23.1 Å².